The molecule has 0 N–H and O–H groups in total. The first-order chi connectivity index (χ1) is 18.6. The molecule has 1 heterocycles. The summed E-state index contributed by atoms with van der Waals surface area (Å²) in [5.41, 5.74) is 2.84. The van der Waals surface area contributed by atoms with Crippen LogP contribution in [0.3, 0.4) is 0 Å². The van der Waals surface area contributed by atoms with Crippen molar-refractivity contribution in [1.29, 1.82) is 0 Å². The highest BCUT2D eigenvalue weighted by Crippen LogP contribution is 2.24. The SMILES string of the molecule is CCCCCCOc1ccc(-c2ncc(-c3ccc(OC(=O)CCCCCCC(C)CC)cc3)cn2)cc1. The highest BCUT2D eigenvalue weighted by molar-refractivity contribution is 5.73. The second-order valence-electron chi connectivity index (χ2n) is 10.2. The molecule has 204 valence electrons. The van der Waals surface area contributed by atoms with Crippen molar-refractivity contribution in [2.24, 2.45) is 5.92 Å². The molecule has 0 saturated carbocycles. The normalized spacial score (nSPS) is 11.8. The van der Waals surface area contributed by atoms with Crippen LogP contribution in [0.2, 0.25) is 0 Å². The number of hydrogen-bond acceptors (Lipinski definition) is 5. The summed E-state index contributed by atoms with van der Waals surface area (Å²) in [6.07, 6.45) is 15.8. The Morgan fingerprint density at radius 3 is 2.05 bits per heavy atom. The summed E-state index contributed by atoms with van der Waals surface area (Å²) in [5, 5.41) is 0. The molecule has 0 fully saturated rings. The number of nitrogens with zero attached hydrogens (tertiary/aromatic N) is 2. The van der Waals surface area contributed by atoms with Gasteiger partial charge in [-0.3, -0.25) is 4.79 Å². The molecular formula is C33H44N2O3. The van der Waals surface area contributed by atoms with Crippen LogP contribution in [-0.2, 0) is 4.79 Å². The number of aromatic nitrogens is 2. The maximum atomic E-state index is 12.2. The summed E-state index contributed by atoms with van der Waals surface area (Å²) >= 11 is 0. The van der Waals surface area contributed by atoms with Crippen LogP contribution in [-0.4, -0.2) is 22.5 Å². The first-order valence-corrected chi connectivity index (χ1v) is 14.5. The maximum absolute atomic E-state index is 12.2. The van der Waals surface area contributed by atoms with Crippen LogP contribution in [0.25, 0.3) is 22.5 Å². The minimum Gasteiger partial charge on any atom is -0.494 e. The molecule has 0 saturated heterocycles. The Hall–Kier alpha value is -3.21. The summed E-state index contributed by atoms with van der Waals surface area (Å²) in [6.45, 7) is 7.50. The zero-order chi connectivity index (χ0) is 27.0. The Balaban J connectivity index is 1.42. The molecule has 0 bridgehead atoms. The smallest absolute Gasteiger partial charge is 0.311 e. The zero-order valence-corrected chi connectivity index (χ0v) is 23.5. The summed E-state index contributed by atoms with van der Waals surface area (Å²) in [6, 6.07) is 15.5. The van der Waals surface area contributed by atoms with E-state index in [9.17, 15) is 4.79 Å². The summed E-state index contributed by atoms with van der Waals surface area (Å²) in [5.74, 6) is 2.75. The van der Waals surface area contributed by atoms with Crippen molar-refractivity contribution in [3.8, 4) is 34.0 Å². The average Bonchev–Trinajstić information content (AvgIpc) is 2.95. The van der Waals surface area contributed by atoms with Gasteiger partial charge in [-0.05, 0) is 60.7 Å². The van der Waals surface area contributed by atoms with Gasteiger partial charge in [0.2, 0.25) is 0 Å². The fraction of sp³-hybridized carbons (Fsp3) is 0.485. The Kier molecular flexibility index (Phi) is 12.8. The third kappa shape index (κ3) is 10.3. The molecule has 1 unspecified atom stereocenters. The van der Waals surface area contributed by atoms with E-state index >= 15 is 0 Å². The number of hydrogen-bond donors (Lipinski definition) is 0. The molecule has 38 heavy (non-hydrogen) atoms. The lowest BCUT2D eigenvalue weighted by molar-refractivity contribution is -0.134. The van der Waals surface area contributed by atoms with E-state index in [0.29, 0.717) is 18.0 Å². The van der Waals surface area contributed by atoms with Crippen molar-refractivity contribution in [1.82, 2.24) is 9.97 Å². The predicted octanol–water partition coefficient (Wildman–Crippen LogP) is 9.06. The van der Waals surface area contributed by atoms with Crippen molar-refractivity contribution in [3.05, 3.63) is 60.9 Å². The van der Waals surface area contributed by atoms with Crippen molar-refractivity contribution in [3.63, 3.8) is 0 Å². The van der Waals surface area contributed by atoms with Gasteiger partial charge in [0.25, 0.3) is 0 Å². The lowest BCUT2D eigenvalue weighted by atomic mass is 10.0. The summed E-state index contributed by atoms with van der Waals surface area (Å²) in [4.78, 5) is 21.3. The molecule has 0 spiro atoms. The lowest BCUT2D eigenvalue weighted by Gasteiger charge is -2.08. The van der Waals surface area contributed by atoms with Gasteiger partial charge >= 0.3 is 5.97 Å². The van der Waals surface area contributed by atoms with E-state index in [2.05, 4.69) is 30.7 Å². The molecule has 1 aromatic heterocycles. The summed E-state index contributed by atoms with van der Waals surface area (Å²) < 4.78 is 11.3. The molecule has 1 atom stereocenters. The van der Waals surface area contributed by atoms with Crippen molar-refractivity contribution >= 4 is 5.97 Å². The molecule has 2 aromatic carbocycles. The molecule has 5 nitrogen and oxygen atoms in total. The number of carbonyl (C=O) groups excluding carboxylic acids is 1. The number of unbranched alkanes of at least 4 members (excludes halogenated alkanes) is 6. The topological polar surface area (TPSA) is 61.3 Å². The largest absolute Gasteiger partial charge is 0.494 e. The molecule has 0 radical (unpaired) electrons. The molecule has 3 aromatic rings. The van der Waals surface area contributed by atoms with Gasteiger partial charge < -0.3 is 9.47 Å². The van der Waals surface area contributed by atoms with E-state index in [1.807, 2.05) is 60.9 Å². The van der Waals surface area contributed by atoms with Crippen molar-refractivity contribution < 1.29 is 14.3 Å². The van der Waals surface area contributed by atoms with E-state index in [1.165, 1.54) is 44.9 Å². The predicted molar refractivity (Wildman–Crippen MR) is 155 cm³/mol. The monoisotopic (exact) mass is 516 g/mol. The fourth-order valence-corrected chi connectivity index (χ4v) is 4.26. The summed E-state index contributed by atoms with van der Waals surface area (Å²) in [7, 11) is 0. The van der Waals surface area contributed by atoms with Gasteiger partial charge in [-0.25, -0.2) is 9.97 Å². The second-order valence-corrected chi connectivity index (χ2v) is 10.2. The van der Waals surface area contributed by atoms with E-state index in [0.717, 1.165) is 54.2 Å². The Morgan fingerprint density at radius 1 is 0.737 bits per heavy atom. The number of ether oxygens (including phenoxy) is 2. The third-order valence-corrected chi connectivity index (χ3v) is 6.98. The first kappa shape index (κ1) is 29.3. The van der Waals surface area contributed by atoms with Crippen molar-refractivity contribution in [2.75, 3.05) is 6.61 Å². The quantitative estimate of drug-likeness (QED) is 0.102. The third-order valence-electron chi connectivity index (χ3n) is 6.98. The first-order valence-electron chi connectivity index (χ1n) is 14.5. The van der Waals surface area contributed by atoms with Crippen LogP contribution in [0.15, 0.2) is 60.9 Å². The number of esters is 1. The average molecular weight is 517 g/mol. The van der Waals surface area contributed by atoms with Crippen LogP contribution in [0.5, 0.6) is 11.5 Å². The van der Waals surface area contributed by atoms with Gasteiger partial charge in [0, 0.05) is 29.9 Å². The van der Waals surface area contributed by atoms with Gasteiger partial charge in [-0.2, -0.15) is 0 Å². The van der Waals surface area contributed by atoms with Gasteiger partial charge in [0.1, 0.15) is 11.5 Å². The number of rotatable bonds is 17. The standard InChI is InChI=1S/C33H44N2O3/c1-4-6-7-12-23-37-30-19-17-28(18-20-30)33-34-24-29(25-35-33)27-15-21-31(22-16-27)38-32(36)14-11-9-8-10-13-26(3)5-2/h15-22,24-26H,4-14,23H2,1-3H3. The molecule has 0 aliphatic heterocycles. The molecule has 5 heteroatoms. The van der Waals surface area contributed by atoms with Crippen LogP contribution in [0.4, 0.5) is 0 Å². The lowest BCUT2D eigenvalue weighted by Crippen LogP contribution is -2.07. The van der Waals surface area contributed by atoms with Gasteiger partial charge in [-0.15, -0.1) is 0 Å². The molecule has 3 rings (SSSR count). The zero-order valence-electron chi connectivity index (χ0n) is 23.5. The van der Waals surface area contributed by atoms with Crippen LogP contribution in [0.1, 0.15) is 91.4 Å². The Morgan fingerprint density at radius 2 is 1.37 bits per heavy atom. The number of benzene rings is 2. The van der Waals surface area contributed by atoms with Crippen molar-refractivity contribution in [2.45, 2.75) is 91.4 Å². The molecular weight excluding hydrogens is 472 g/mol. The van der Waals surface area contributed by atoms with Gasteiger partial charge in [0.15, 0.2) is 5.82 Å². The minimum atomic E-state index is -0.166. The maximum Gasteiger partial charge on any atom is 0.311 e. The van der Waals surface area contributed by atoms with E-state index in [-0.39, 0.29) is 5.97 Å². The highest BCUT2D eigenvalue weighted by atomic mass is 16.5. The second kappa shape index (κ2) is 16.6. The van der Waals surface area contributed by atoms with E-state index in [4.69, 9.17) is 9.47 Å². The van der Waals surface area contributed by atoms with Crippen LogP contribution >= 0.6 is 0 Å². The Bertz CT molecular complexity index is 1060. The fourth-order valence-electron chi connectivity index (χ4n) is 4.26. The Labute approximate surface area is 229 Å². The molecule has 0 aliphatic rings. The number of carbonyl (C=O) groups is 1. The highest BCUT2D eigenvalue weighted by Gasteiger charge is 2.08. The van der Waals surface area contributed by atoms with E-state index in [1.54, 1.807) is 0 Å². The van der Waals surface area contributed by atoms with Crippen LogP contribution < -0.4 is 9.47 Å². The molecule has 0 aliphatic carbocycles. The van der Waals surface area contributed by atoms with Crippen LogP contribution in [0, 0.1) is 5.92 Å². The van der Waals surface area contributed by atoms with Gasteiger partial charge in [0.05, 0.1) is 6.61 Å². The van der Waals surface area contributed by atoms with Gasteiger partial charge in [-0.1, -0.05) is 84.3 Å². The van der Waals surface area contributed by atoms with E-state index < -0.39 is 0 Å². The minimum absolute atomic E-state index is 0.166. The molecule has 0 amide bonds.